The van der Waals surface area contributed by atoms with Gasteiger partial charge in [0, 0.05) is 11.7 Å². The Labute approximate surface area is 192 Å². The third-order valence-corrected chi connectivity index (χ3v) is 6.26. The van der Waals surface area contributed by atoms with Gasteiger partial charge in [-0.2, -0.15) is 0 Å². The molecule has 0 radical (unpaired) electrons. The van der Waals surface area contributed by atoms with Crippen molar-refractivity contribution in [1.29, 1.82) is 0 Å². The van der Waals surface area contributed by atoms with Crippen LogP contribution in [0.5, 0.6) is 5.75 Å². The summed E-state index contributed by atoms with van der Waals surface area (Å²) in [6, 6.07) is 13.8. The minimum absolute atomic E-state index is 0.0777. The molecule has 1 heterocycles. The highest BCUT2D eigenvalue weighted by Crippen LogP contribution is 2.32. The van der Waals surface area contributed by atoms with Crippen LogP contribution in [0.25, 0.3) is 0 Å². The molecule has 6 nitrogen and oxygen atoms in total. The molecule has 0 spiro atoms. The van der Waals surface area contributed by atoms with E-state index in [2.05, 4.69) is 5.32 Å². The lowest BCUT2D eigenvalue weighted by Gasteiger charge is -2.29. The van der Waals surface area contributed by atoms with Crippen LogP contribution in [0.15, 0.2) is 59.3 Å². The van der Waals surface area contributed by atoms with Gasteiger partial charge in [-0.05, 0) is 61.2 Å². The molecule has 1 N–H and O–H groups in total. The molecule has 2 aromatic carbocycles. The second kappa shape index (κ2) is 9.57. The second-order valence-corrected chi connectivity index (χ2v) is 8.43. The highest BCUT2D eigenvalue weighted by molar-refractivity contribution is 6.48. The summed E-state index contributed by atoms with van der Waals surface area (Å²) in [7, 11) is 0. The number of nitrogens with zero attached hydrogens (tertiary/aromatic N) is 1. The van der Waals surface area contributed by atoms with Crippen LogP contribution in [-0.2, 0) is 16.0 Å². The van der Waals surface area contributed by atoms with E-state index in [1.807, 2.05) is 25.1 Å². The fourth-order valence-corrected chi connectivity index (χ4v) is 4.35. The molecule has 1 fully saturated rings. The molecule has 0 saturated heterocycles. The van der Waals surface area contributed by atoms with Crippen LogP contribution in [0.2, 0.25) is 0 Å². The van der Waals surface area contributed by atoms with Gasteiger partial charge in [-0.15, -0.1) is 0 Å². The summed E-state index contributed by atoms with van der Waals surface area (Å²) in [5, 5.41) is 2.86. The monoisotopic (exact) mass is 452 g/mol. The summed E-state index contributed by atoms with van der Waals surface area (Å²) in [4.78, 5) is 39.2. The van der Waals surface area contributed by atoms with Crippen molar-refractivity contribution in [3.63, 3.8) is 0 Å². The normalized spacial score (nSPS) is 17.1. The van der Waals surface area contributed by atoms with Gasteiger partial charge < -0.3 is 10.1 Å². The van der Waals surface area contributed by atoms with Crippen LogP contribution in [0.4, 0.5) is 5.69 Å². The quantitative estimate of drug-likeness (QED) is 0.378. The number of imide groups is 1. The lowest BCUT2D eigenvalue weighted by Crippen LogP contribution is -2.42. The number of carbonyl (C=O) groups is 3. The van der Waals surface area contributed by atoms with Crippen molar-refractivity contribution in [3.8, 4) is 5.75 Å². The molecule has 1 aliphatic carbocycles. The van der Waals surface area contributed by atoms with Gasteiger partial charge in [0.2, 0.25) is 0 Å². The number of amides is 2. The number of carbonyl (C=O) groups excluding carboxylic acids is 3. The fraction of sp³-hybridized carbons (Fsp3) is 0.320. The number of anilines is 1. The number of hydrogen-bond donors (Lipinski definition) is 1. The molecule has 0 aromatic heterocycles. The van der Waals surface area contributed by atoms with E-state index >= 15 is 0 Å². The Morgan fingerprint density at radius 3 is 2.47 bits per heavy atom. The van der Waals surface area contributed by atoms with Gasteiger partial charge in [0.25, 0.3) is 11.8 Å². The van der Waals surface area contributed by atoms with Gasteiger partial charge in [0.05, 0.1) is 5.56 Å². The van der Waals surface area contributed by atoms with Crippen LogP contribution in [0.3, 0.4) is 0 Å². The number of hydrogen-bond acceptors (Lipinski definition) is 5. The van der Waals surface area contributed by atoms with Gasteiger partial charge in [-0.1, -0.05) is 49.9 Å². The molecule has 2 amide bonds. The first kappa shape index (κ1) is 22.1. The Kier molecular flexibility index (Phi) is 6.61. The Morgan fingerprint density at radius 1 is 1.06 bits per heavy atom. The van der Waals surface area contributed by atoms with Gasteiger partial charge >= 0.3 is 5.97 Å². The molecule has 32 heavy (non-hydrogen) atoms. The van der Waals surface area contributed by atoms with E-state index in [1.54, 1.807) is 30.3 Å². The summed E-state index contributed by atoms with van der Waals surface area (Å²) >= 11 is 6.22. The van der Waals surface area contributed by atoms with Crippen molar-refractivity contribution in [2.45, 2.75) is 51.5 Å². The molecular weight excluding hydrogens is 428 g/mol. The smallest absolute Gasteiger partial charge is 0.343 e. The topological polar surface area (TPSA) is 75.7 Å². The number of nitrogens with one attached hydrogen (secondary N) is 1. The van der Waals surface area contributed by atoms with E-state index in [1.165, 1.54) is 4.90 Å². The lowest BCUT2D eigenvalue weighted by molar-refractivity contribution is -0.140. The number of ether oxygens (including phenoxy) is 1. The zero-order chi connectivity index (χ0) is 22.7. The lowest BCUT2D eigenvalue weighted by atomic mass is 9.94. The number of halogens is 1. The molecule has 1 saturated carbocycles. The van der Waals surface area contributed by atoms with E-state index in [0.29, 0.717) is 17.0 Å². The van der Waals surface area contributed by atoms with Crippen molar-refractivity contribution in [3.05, 3.63) is 70.4 Å². The summed E-state index contributed by atoms with van der Waals surface area (Å²) < 4.78 is 5.45. The van der Waals surface area contributed by atoms with E-state index in [0.717, 1.165) is 44.1 Å². The average molecular weight is 453 g/mol. The van der Waals surface area contributed by atoms with Crippen molar-refractivity contribution in [2.24, 2.45) is 0 Å². The van der Waals surface area contributed by atoms with Crippen LogP contribution in [0.1, 0.15) is 54.9 Å². The Morgan fingerprint density at radius 2 is 1.78 bits per heavy atom. The largest absolute Gasteiger partial charge is 0.423 e. The molecule has 4 rings (SSSR count). The maximum atomic E-state index is 12.9. The Bertz CT molecular complexity index is 1070. The molecule has 0 atom stereocenters. The van der Waals surface area contributed by atoms with Gasteiger partial charge in [0.15, 0.2) is 0 Å². The minimum Gasteiger partial charge on any atom is -0.423 e. The first-order valence-electron chi connectivity index (χ1n) is 10.9. The molecule has 7 heteroatoms. The molecule has 0 bridgehead atoms. The summed E-state index contributed by atoms with van der Waals surface area (Å²) in [5.41, 5.74) is 2.08. The van der Waals surface area contributed by atoms with Crippen LogP contribution in [0, 0.1) is 0 Å². The summed E-state index contributed by atoms with van der Waals surface area (Å²) in [6.45, 7) is 2.03. The Hall–Kier alpha value is -3.12. The number of rotatable bonds is 6. The van der Waals surface area contributed by atoms with E-state index < -0.39 is 17.8 Å². The van der Waals surface area contributed by atoms with E-state index in [-0.39, 0.29) is 16.8 Å². The molecular formula is C25H25ClN2O4. The predicted molar refractivity (Wildman–Crippen MR) is 122 cm³/mol. The maximum Gasteiger partial charge on any atom is 0.343 e. The highest BCUT2D eigenvalue weighted by atomic mass is 35.5. The zero-order valence-electron chi connectivity index (χ0n) is 17.9. The number of benzene rings is 2. The zero-order valence-corrected chi connectivity index (χ0v) is 18.7. The predicted octanol–water partition coefficient (Wildman–Crippen LogP) is 5.03. The third-order valence-electron chi connectivity index (χ3n) is 5.91. The highest BCUT2D eigenvalue weighted by Gasteiger charge is 2.42. The van der Waals surface area contributed by atoms with E-state index in [9.17, 15) is 14.4 Å². The average Bonchev–Trinajstić information content (AvgIpc) is 3.03. The minimum atomic E-state index is -0.474. The van der Waals surface area contributed by atoms with Crippen LogP contribution >= 0.6 is 11.6 Å². The van der Waals surface area contributed by atoms with Crippen molar-refractivity contribution >= 4 is 35.1 Å². The van der Waals surface area contributed by atoms with Crippen LogP contribution in [-0.4, -0.2) is 28.7 Å². The number of aryl methyl sites for hydroxylation is 1. The first-order valence-corrected chi connectivity index (χ1v) is 11.3. The summed E-state index contributed by atoms with van der Waals surface area (Å²) in [5.74, 6) is -0.823. The van der Waals surface area contributed by atoms with Crippen molar-refractivity contribution in [2.75, 3.05) is 5.32 Å². The van der Waals surface area contributed by atoms with E-state index in [4.69, 9.17) is 16.3 Å². The van der Waals surface area contributed by atoms with Crippen LogP contribution < -0.4 is 10.1 Å². The second-order valence-electron chi connectivity index (χ2n) is 8.05. The molecule has 166 valence electrons. The molecule has 0 unspecified atom stereocenters. The first-order chi connectivity index (χ1) is 15.5. The van der Waals surface area contributed by atoms with Gasteiger partial charge in [-0.25, -0.2) is 4.79 Å². The Balaban J connectivity index is 1.43. The molecule has 2 aromatic rings. The molecule has 2 aliphatic rings. The van der Waals surface area contributed by atoms with Gasteiger partial charge in [-0.3, -0.25) is 14.5 Å². The number of esters is 1. The fourth-order valence-electron chi connectivity index (χ4n) is 4.13. The van der Waals surface area contributed by atoms with Crippen molar-refractivity contribution in [1.82, 2.24) is 4.90 Å². The molecule has 1 aliphatic heterocycles. The van der Waals surface area contributed by atoms with Crippen molar-refractivity contribution < 1.29 is 19.1 Å². The third kappa shape index (κ3) is 4.55. The standard InChI is InChI=1S/C25H25ClN2O4/c1-2-16-7-6-10-20(15-16)32-25(31)17-11-13-18(14-12-17)27-22-21(26)23(29)28(24(22)30)19-8-4-3-5-9-19/h6-7,10-15,19,27H,2-5,8-9H2,1H3. The summed E-state index contributed by atoms with van der Waals surface area (Å²) in [6.07, 6.45) is 5.60. The van der Waals surface area contributed by atoms with Gasteiger partial charge in [0.1, 0.15) is 16.5 Å². The SMILES string of the molecule is CCc1cccc(OC(=O)c2ccc(NC3=C(Cl)C(=O)N(C4CCCCC4)C3=O)cc2)c1. The maximum absolute atomic E-state index is 12.9.